The van der Waals surface area contributed by atoms with Crippen LogP contribution in [0.3, 0.4) is 0 Å². The molecule has 4 heteroatoms. The molecule has 1 aromatic carbocycles. The van der Waals surface area contributed by atoms with E-state index in [4.69, 9.17) is 12.2 Å². The Morgan fingerprint density at radius 2 is 2.00 bits per heavy atom. The summed E-state index contributed by atoms with van der Waals surface area (Å²) < 4.78 is 0.458. The lowest BCUT2D eigenvalue weighted by molar-refractivity contribution is 0.544. The molecule has 0 spiro atoms. The lowest BCUT2D eigenvalue weighted by Gasteiger charge is -2.20. The monoisotopic (exact) mass is 256 g/mol. The van der Waals surface area contributed by atoms with Gasteiger partial charge in [0.15, 0.2) is 0 Å². The third-order valence-corrected chi connectivity index (χ3v) is 3.22. The lowest BCUT2D eigenvalue weighted by atomic mass is 10.1. The van der Waals surface area contributed by atoms with Crippen LogP contribution in [0.25, 0.3) is 0 Å². The third-order valence-electron chi connectivity index (χ3n) is 2.84. The summed E-state index contributed by atoms with van der Waals surface area (Å²) in [5, 5.41) is 3.21. The van der Waals surface area contributed by atoms with Crippen molar-refractivity contribution in [2.45, 2.75) is 33.1 Å². The minimum atomic E-state index is -0.00689. The van der Waals surface area contributed by atoms with Crippen LogP contribution in [0.2, 0.25) is 0 Å². The molecule has 0 saturated carbocycles. The minimum absolute atomic E-state index is 0. The highest BCUT2D eigenvalue weighted by Crippen LogP contribution is 2.25. The Labute approximate surface area is 110 Å². The molecule has 1 N–H and O–H groups in total. The van der Waals surface area contributed by atoms with Gasteiger partial charge in [-0.05, 0) is 12.3 Å². The molecule has 17 heavy (non-hydrogen) atoms. The summed E-state index contributed by atoms with van der Waals surface area (Å²) in [7, 11) is 3.82. The Hall–Kier alpha value is -0.900. The van der Waals surface area contributed by atoms with E-state index in [1.165, 1.54) is 12.8 Å². The van der Waals surface area contributed by atoms with Crippen LogP contribution in [0.5, 0.6) is 0 Å². The second kappa shape index (κ2) is 6.15. The summed E-state index contributed by atoms with van der Waals surface area (Å²) >= 11 is 5.03. The van der Waals surface area contributed by atoms with Crippen LogP contribution >= 0.6 is 12.2 Å². The predicted octanol–water partition coefficient (Wildman–Crippen LogP) is 3.20. The fourth-order valence-corrected chi connectivity index (χ4v) is 2.25. The van der Waals surface area contributed by atoms with Gasteiger partial charge in [-0.3, -0.25) is 4.79 Å². The van der Waals surface area contributed by atoms with E-state index in [0.717, 1.165) is 24.6 Å². The molecule has 0 bridgehead atoms. The molecule has 0 aliphatic heterocycles. The maximum atomic E-state index is 11.6. The fraction of sp³-hybridized carbons (Fsp3) is 0.692. The zero-order valence-electron chi connectivity index (χ0n) is 11.2. The highest BCUT2D eigenvalue weighted by molar-refractivity contribution is 7.71. The van der Waals surface area contributed by atoms with E-state index >= 15 is 0 Å². The molecule has 98 valence electrons. The van der Waals surface area contributed by atoms with E-state index in [0.29, 0.717) is 10.2 Å². The van der Waals surface area contributed by atoms with Crippen molar-refractivity contribution in [3.8, 4) is 0 Å². The van der Waals surface area contributed by atoms with E-state index in [1.807, 2.05) is 19.0 Å². The van der Waals surface area contributed by atoms with Gasteiger partial charge >= 0.3 is 0 Å². The highest BCUT2D eigenvalue weighted by atomic mass is 32.1. The van der Waals surface area contributed by atoms with E-state index in [2.05, 4.69) is 19.2 Å². The zero-order valence-corrected chi connectivity index (χ0v) is 12.0. The number of anilines is 2. The van der Waals surface area contributed by atoms with Gasteiger partial charge in [0.2, 0.25) is 5.43 Å². The van der Waals surface area contributed by atoms with Gasteiger partial charge in [0.25, 0.3) is 0 Å². The molecule has 0 heterocycles. The number of nitrogens with zero attached hydrogens (tertiary/aromatic N) is 1. The molecule has 1 rings (SSSR count). The fourth-order valence-electron chi connectivity index (χ4n) is 1.86. The van der Waals surface area contributed by atoms with Crippen molar-refractivity contribution in [2.75, 3.05) is 30.9 Å². The molecular formula is C13H24N2OS. The molecule has 0 atom stereocenters. The summed E-state index contributed by atoms with van der Waals surface area (Å²) in [5.41, 5.74) is 1.57. The van der Waals surface area contributed by atoms with Crippen LogP contribution in [0.15, 0.2) is 4.79 Å². The second-order valence-electron chi connectivity index (χ2n) is 5.09. The maximum absolute atomic E-state index is 11.6. The van der Waals surface area contributed by atoms with E-state index in [-0.39, 0.29) is 6.86 Å². The minimum Gasteiger partial charge on any atom is -0.380 e. The molecular weight excluding hydrogens is 232 g/mol. The summed E-state index contributed by atoms with van der Waals surface area (Å²) in [4.78, 5) is 13.5. The Bertz CT molecular complexity index is 436. The summed E-state index contributed by atoms with van der Waals surface area (Å²) in [6.45, 7) is 5.32. The Balaban J connectivity index is 0.00000289. The lowest BCUT2D eigenvalue weighted by Crippen LogP contribution is -2.25. The second-order valence-corrected chi connectivity index (χ2v) is 5.50. The molecule has 0 aliphatic carbocycles. The topological polar surface area (TPSA) is 32.3 Å². The summed E-state index contributed by atoms with van der Waals surface area (Å²) in [6.07, 6.45) is 3.55. The van der Waals surface area contributed by atoms with Crippen molar-refractivity contribution >= 4 is 23.6 Å². The van der Waals surface area contributed by atoms with Crippen LogP contribution in [0.1, 0.15) is 34.5 Å². The van der Waals surface area contributed by atoms with Crippen molar-refractivity contribution in [1.29, 1.82) is 0 Å². The van der Waals surface area contributed by atoms with Crippen LogP contribution in [-0.2, 0) is 0 Å². The number of rotatable bonds is 7. The SMILES string of the molecule is CC(C)CCCCNc1c(N(C)C)c(=S)c1=O.[HH]. The normalized spacial score (nSPS) is 11.1. The Morgan fingerprint density at radius 3 is 2.53 bits per heavy atom. The van der Waals surface area contributed by atoms with Crippen LogP contribution < -0.4 is 15.6 Å². The average molecular weight is 256 g/mol. The first-order chi connectivity index (χ1) is 7.95. The van der Waals surface area contributed by atoms with E-state index < -0.39 is 0 Å². The van der Waals surface area contributed by atoms with Gasteiger partial charge in [-0.25, -0.2) is 0 Å². The van der Waals surface area contributed by atoms with Crippen molar-refractivity contribution in [3.05, 3.63) is 14.7 Å². The Morgan fingerprint density at radius 1 is 1.35 bits per heavy atom. The molecule has 0 aliphatic rings. The summed E-state index contributed by atoms with van der Waals surface area (Å²) in [6, 6.07) is 0. The van der Waals surface area contributed by atoms with Gasteiger partial charge < -0.3 is 10.2 Å². The van der Waals surface area contributed by atoms with Crippen molar-refractivity contribution < 1.29 is 1.43 Å². The molecule has 3 nitrogen and oxygen atoms in total. The highest BCUT2D eigenvalue weighted by Gasteiger charge is 2.18. The smallest absolute Gasteiger partial charge is 0.223 e. The van der Waals surface area contributed by atoms with Crippen LogP contribution in [0, 0.1) is 10.4 Å². The van der Waals surface area contributed by atoms with Crippen molar-refractivity contribution in [3.63, 3.8) is 0 Å². The number of unbranched alkanes of at least 4 members (excludes halogenated alkanes) is 1. The molecule has 0 fully saturated rings. The molecule has 0 saturated heterocycles. The standard InChI is InChI=1S/C13H22N2OS.H2/c1-9(2)7-5-6-8-14-10-11(15(3)4)13(17)12(10)16;/h9,14H,5-8H2,1-4H3;1H. The van der Waals surface area contributed by atoms with Crippen LogP contribution in [-0.4, -0.2) is 20.6 Å². The quantitative estimate of drug-likeness (QED) is 0.600. The largest absolute Gasteiger partial charge is 0.380 e. The Kier molecular flexibility index (Phi) is 5.12. The third kappa shape index (κ3) is 3.53. The molecule has 0 unspecified atom stereocenters. The number of hydrogen-bond donors (Lipinski definition) is 1. The average Bonchev–Trinajstić information content (AvgIpc) is 2.25. The predicted molar refractivity (Wildman–Crippen MR) is 79.5 cm³/mol. The molecule has 0 radical (unpaired) electrons. The van der Waals surface area contributed by atoms with Crippen LogP contribution in [0.4, 0.5) is 11.4 Å². The van der Waals surface area contributed by atoms with Gasteiger partial charge in [-0.1, -0.05) is 38.9 Å². The van der Waals surface area contributed by atoms with Gasteiger partial charge in [0.1, 0.15) is 10.2 Å². The first kappa shape index (κ1) is 14.2. The van der Waals surface area contributed by atoms with E-state index in [1.54, 1.807) is 0 Å². The molecule has 0 amide bonds. The van der Waals surface area contributed by atoms with Gasteiger partial charge in [-0.2, -0.15) is 0 Å². The molecule has 0 aromatic heterocycles. The first-order valence-electron chi connectivity index (χ1n) is 6.19. The maximum Gasteiger partial charge on any atom is 0.223 e. The van der Waals surface area contributed by atoms with Crippen molar-refractivity contribution in [1.82, 2.24) is 0 Å². The van der Waals surface area contributed by atoms with Gasteiger partial charge in [0.05, 0.1) is 5.69 Å². The molecule has 1 aromatic rings. The first-order valence-corrected chi connectivity index (χ1v) is 6.60. The number of hydrogen-bond acceptors (Lipinski definition) is 4. The van der Waals surface area contributed by atoms with Crippen molar-refractivity contribution in [2.24, 2.45) is 5.92 Å². The summed E-state index contributed by atoms with van der Waals surface area (Å²) in [5.74, 6) is 0.754. The van der Waals surface area contributed by atoms with Gasteiger partial charge in [0, 0.05) is 22.1 Å². The van der Waals surface area contributed by atoms with E-state index in [9.17, 15) is 4.79 Å². The zero-order chi connectivity index (χ0) is 13.0. The van der Waals surface area contributed by atoms with Gasteiger partial charge in [-0.15, -0.1) is 0 Å². The number of nitrogens with one attached hydrogen (secondary N) is 1.